The molecule has 0 saturated heterocycles. The Morgan fingerprint density at radius 2 is 1.96 bits per heavy atom. The number of nitrogens with zero attached hydrogens (tertiary/aromatic N) is 1. The van der Waals surface area contributed by atoms with E-state index in [1.54, 1.807) is 49.4 Å². The van der Waals surface area contributed by atoms with Gasteiger partial charge in [-0.05, 0) is 29.2 Å². The first kappa shape index (κ1) is 20.1. The highest BCUT2D eigenvalue weighted by Crippen LogP contribution is 2.35. The average Bonchev–Trinajstić information content (AvgIpc) is 2.60. The molecule has 1 N–H and O–H groups in total. The number of isocyanates is 1. The summed E-state index contributed by atoms with van der Waals surface area (Å²) in [5.41, 5.74) is -0.609. The Balaban J connectivity index is 2.28. The average molecular weight is 394 g/mol. The molecular weight excluding hydrogens is 377 g/mol. The Morgan fingerprint density at radius 1 is 1.27 bits per heavy atom. The van der Waals surface area contributed by atoms with E-state index in [1.165, 1.54) is 6.08 Å². The van der Waals surface area contributed by atoms with Gasteiger partial charge < -0.3 is 9.84 Å². The number of carbonyl (C=O) groups excluding carboxylic acids is 1. The Morgan fingerprint density at radius 3 is 2.54 bits per heavy atom. The lowest BCUT2D eigenvalue weighted by molar-refractivity contribution is -0.168. The van der Waals surface area contributed by atoms with Crippen LogP contribution in [-0.2, 0) is 20.9 Å². The van der Waals surface area contributed by atoms with Crippen LogP contribution < -0.4 is 0 Å². The lowest BCUT2D eigenvalue weighted by atomic mass is 9.91. The standard InChI is InChI=1S/C19H17Cl2NO4/c1-13(16-8-7-15(20)9-17(16)21)10-19(18(24)25,22-12-23)26-11-14-5-3-2-4-6-14/h2-9,13H,10-11H2,1H3,(H,24,25). The third kappa shape index (κ3) is 4.93. The molecule has 26 heavy (non-hydrogen) atoms. The van der Waals surface area contributed by atoms with E-state index in [-0.39, 0.29) is 18.9 Å². The van der Waals surface area contributed by atoms with Gasteiger partial charge in [-0.25, -0.2) is 9.59 Å². The molecule has 0 amide bonds. The van der Waals surface area contributed by atoms with Gasteiger partial charge in [0.25, 0.3) is 5.72 Å². The lowest BCUT2D eigenvalue weighted by Gasteiger charge is -2.27. The minimum atomic E-state index is -2.06. The molecule has 0 saturated carbocycles. The molecule has 5 nitrogen and oxygen atoms in total. The fourth-order valence-electron chi connectivity index (χ4n) is 2.61. The van der Waals surface area contributed by atoms with Crippen molar-refractivity contribution in [2.24, 2.45) is 4.99 Å². The zero-order valence-corrected chi connectivity index (χ0v) is 15.5. The molecule has 0 heterocycles. The predicted octanol–water partition coefficient (Wildman–Crippen LogP) is 4.82. The van der Waals surface area contributed by atoms with Crippen LogP contribution in [0.4, 0.5) is 0 Å². The summed E-state index contributed by atoms with van der Waals surface area (Å²) >= 11 is 12.1. The number of hydrogen-bond donors (Lipinski definition) is 1. The Hall–Kier alpha value is -2.17. The third-order valence-electron chi connectivity index (χ3n) is 3.96. The van der Waals surface area contributed by atoms with Crippen molar-refractivity contribution in [1.82, 2.24) is 0 Å². The zero-order valence-electron chi connectivity index (χ0n) is 14.0. The number of carboxylic acid groups (broad SMARTS) is 1. The van der Waals surface area contributed by atoms with Crippen LogP contribution in [0.5, 0.6) is 0 Å². The van der Waals surface area contributed by atoms with Crippen LogP contribution in [0.15, 0.2) is 53.5 Å². The van der Waals surface area contributed by atoms with Gasteiger partial charge in [0.15, 0.2) is 0 Å². The third-order valence-corrected chi connectivity index (χ3v) is 4.52. The van der Waals surface area contributed by atoms with Gasteiger partial charge in [-0.3, -0.25) is 0 Å². The molecule has 7 heteroatoms. The summed E-state index contributed by atoms with van der Waals surface area (Å²) in [5, 5.41) is 10.6. The van der Waals surface area contributed by atoms with Crippen LogP contribution in [0, 0.1) is 0 Å². The van der Waals surface area contributed by atoms with E-state index in [1.807, 2.05) is 6.07 Å². The van der Waals surface area contributed by atoms with E-state index in [9.17, 15) is 14.7 Å². The minimum absolute atomic E-state index is 0.0145. The molecule has 2 unspecified atom stereocenters. The fourth-order valence-corrected chi connectivity index (χ4v) is 3.21. The summed E-state index contributed by atoms with van der Waals surface area (Å²) in [6.45, 7) is 1.76. The quantitative estimate of drug-likeness (QED) is 0.515. The number of benzene rings is 2. The van der Waals surface area contributed by atoms with Crippen LogP contribution in [0.1, 0.15) is 30.4 Å². The highest BCUT2D eigenvalue weighted by atomic mass is 35.5. The normalized spacial score (nSPS) is 14.1. The van der Waals surface area contributed by atoms with Crippen molar-refractivity contribution in [1.29, 1.82) is 0 Å². The van der Waals surface area contributed by atoms with E-state index in [2.05, 4.69) is 4.99 Å². The van der Waals surface area contributed by atoms with E-state index in [4.69, 9.17) is 27.9 Å². The van der Waals surface area contributed by atoms with Gasteiger partial charge in [0, 0.05) is 16.5 Å². The number of ether oxygens (including phenoxy) is 1. The molecule has 0 aliphatic rings. The molecular formula is C19H17Cl2NO4. The fraction of sp³-hybridized carbons (Fsp3) is 0.263. The van der Waals surface area contributed by atoms with Crippen molar-refractivity contribution >= 4 is 35.3 Å². The molecule has 0 radical (unpaired) electrons. The molecule has 0 aliphatic carbocycles. The van der Waals surface area contributed by atoms with Crippen molar-refractivity contribution < 1.29 is 19.4 Å². The first-order valence-corrected chi connectivity index (χ1v) is 8.59. The molecule has 0 bridgehead atoms. The highest BCUT2D eigenvalue weighted by Gasteiger charge is 2.42. The number of halogens is 2. The molecule has 0 fully saturated rings. The molecule has 2 atom stereocenters. The SMILES string of the molecule is CC(CC(N=C=O)(OCc1ccccc1)C(=O)O)c1ccc(Cl)cc1Cl. The second-order valence-corrected chi connectivity index (χ2v) is 6.68. The summed E-state index contributed by atoms with van der Waals surface area (Å²) in [6.07, 6.45) is 1.23. The van der Waals surface area contributed by atoms with Crippen molar-refractivity contribution in [3.05, 3.63) is 69.7 Å². The number of aliphatic imine (C=N–C) groups is 1. The van der Waals surface area contributed by atoms with Crippen molar-refractivity contribution in [3.8, 4) is 0 Å². The zero-order chi connectivity index (χ0) is 19.2. The van der Waals surface area contributed by atoms with Gasteiger partial charge in [-0.15, -0.1) is 0 Å². The minimum Gasteiger partial charge on any atom is -0.478 e. The summed E-state index contributed by atoms with van der Waals surface area (Å²) in [4.78, 5) is 26.3. The van der Waals surface area contributed by atoms with E-state index in [0.29, 0.717) is 15.6 Å². The topological polar surface area (TPSA) is 76.0 Å². The molecule has 2 aromatic carbocycles. The van der Waals surface area contributed by atoms with Gasteiger partial charge in [0.05, 0.1) is 6.61 Å². The summed E-state index contributed by atoms with van der Waals surface area (Å²) in [5.74, 6) is -1.72. The van der Waals surface area contributed by atoms with Crippen LogP contribution in [0.25, 0.3) is 0 Å². The number of hydrogen-bond acceptors (Lipinski definition) is 4. The summed E-state index contributed by atoms with van der Waals surface area (Å²) in [6, 6.07) is 14.0. The maximum absolute atomic E-state index is 11.9. The molecule has 0 aliphatic heterocycles. The number of carboxylic acids is 1. The monoisotopic (exact) mass is 393 g/mol. The number of carbonyl (C=O) groups is 1. The molecule has 2 aromatic rings. The van der Waals surface area contributed by atoms with Crippen LogP contribution >= 0.6 is 23.2 Å². The second-order valence-electron chi connectivity index (χ2n) is 5.84. The van der Waals surface area contributed by atoms with Crippen LogP contribution in [0.2, 0.25) is 10.0 Å². The first-order chi connectivity index (χ1) is 12.4. The smallest absolute Gasteiger partial charge is 0.360 e. The van der Waals surface area contributed by atoms with E-state index >= 15 is 0 Å². The van der Waals surface area contributed by atoms with Gasteiger partial charge in [-0.1, -0.05) is 66.5 Å². The Kier molecular flexibility index (Phi) is 6.95. The number of rotatable bonds is 8. The van der Waals surface area contributed by atoms with Crippen molar-refractivity contribution in [2.75, 3.05) is 0 Å². The summed E-state index contributed by atoms with van der Waals surface area (Å²) in [7, 11) is 0. The van der Waals surface area contributed by atoms with Crippen molar-refractivity contribution in [2.45, 2.75) is 31.6 Å². The maximum Gasteiger partial charge on any atom is 0.360 e. The van der Waals surface area contributed by atoms with Gasteiger partial charge in [-0.2, -0.15) is 4.99 Å². The first-order valence-electron chi connectivity index (χ1n) is 7.83. The van der Waals surface area contributed by atoms with E-state index in [0.717, 1.165) is 5.56 Å². The van der Waals surface area contributed by atoms with Crippen LogP contribution in [-0.4, -0.2) is 22.9 Å². The molecule has 0 aromatic heterocycles. The lowest BCUT2D eigenvalue weighted by Crippen LogP contribution is -2.41. The van der Waals surface area contributed by atoms with Crippen LogP contribution in [0.3, 0.4) is 0 Å². The molecule has 2 rings (SSSR count). The van der Waals surface area contributed by atoms with Crippen molar-refractivity contribution in [3.63, 3.8) is 0 Å². The summed E-state index contributed by atoms with van der Waals surface area (Å²) < 4.78 is 5.58. The number of aliphatic carboxylic acids is 1. The Labute approximate surface area is 161 Å². The van der Waals surface area contributed by atoms with Gasteiger partial charge in [0.1, 0.15) is 0 Å². The van der Waals surface area contributed by atoms with Gasteiger partial charge >= 0.3 is 5.97 Å². The maximum atomic E-state index is 11.9. The molecule has 0 spiro atoms. The second kappa shape index (κ2) is 8.97. The predicted molar refractivity (Wildman–Crippen MR) is 99.2 cm³/mol. The van der Waals surface area contributed by atoms with Gasteiger partial charge in [0.2, 0.25) is 6.08 Å². The largest absolute Gasteiger partial charge is 0.478 e. The Bertz CT molecular complexity index is 818. The van der Waals surface area contributed by atoms with E-state index < -0.39 is 11.7 Å². The molecule has 136 valence electrons. The highest BCUT2D eigenvalue weighted by molar-refractivity contribution is 6.35.